The monoisotopic (exact) mass is 395 g/mol. The molecule has 1 N–H and O–H groups in total. The van der Waals surface area contributed by atoms with Crippen molar-refractivity contribution in [3.8, 4) is 0 Å². The third-order valence-electron chi connectivity index (χ3n) is 4.40. The maximum absolute atomic E-state index is 13.1. The third-order valence-corrected chi connectivity index (χ3v) is 5.50. The first-order chi connectivity index (χ1) is 13.1. The number of carbonyl (C=O) groups excluding carboxylic acids is 2. The van der Waals surface area contributed by atoms with Gasteiger partial charge in [0.15, 0.2) is 5.76 Å². The van der Waals surface area contributed by atoms with Gasteiger partial charge in [0.1, 0.15) is 0 Å². The lowest BCUT2D eigenvalue weighted by Gasteiger charge is -2.27. The summed E-state index contributed by atoms with van der Waals surface area (Å²) in [5.74, 6) is -1.50. The smallest absolute Gasteiger partial charge is 0.294 e. The topological polar surface area (TPSA) is 57.6 Å². The first-order valence-corrected chi connectivity index (χ1v) is 9.49. The summed E-state index contributed by atoms with van der Waals surface area (Å²) in [6.45, 7) is 0. The van der Waals surface area contributed by atoms with Gasteiger partial charge in [-0.1, -0.05) is 54.1 Å². The van der Waals surface area contributed by atoms with Gasteiger partial charge in [-0.25, -0.2) is 0 Å². The Bertz CT molecular complexity index is 1040. The molecule has 1 aromatic heterocycles. The Morgan fingerprint density at radius 3 is 2.48 bits per heavy atom. The lowest BCUT2D eigenvalue weighted by molar-refractivity contribution is -0.117. The Morgan fingerprint density at radius 1 is 1.04 bits per heavy atom. The molecule has 0 saturated carbocycles. The van der Waals surface area contributed by atoms with E-state index in [0.717, 1.165) is 5.56 Å². The predicted molar refractivity (Wildman–Crippen MR) is 106 cm³/mol. The largest absolute Gasteiger partial charge is 0.503 e. The van der Waals surface area contributed by atoms with Crippen molar-refractivity contribution in [3.05, 3.63) is 98.9 Å². The van der Waals surface area contributed by atoms with Crippen LogP contribution in [0.1, 0.15) is 21.3 Å². The predicted octanol–water partition coefficient (Wildman–Crippen LogP) is 5.18. The van der Waals surface area contributed by atoms with Crippen molar-refractivity contribution in [2.24, 2.45) is 0 Å². The number of nitrogens with zero attached hydrogens (tertiary/aromatic N) is 1. The molecule has 134 valence electrons. The zero-order chi connectivity index (χ0) is 19.0. The van der Waals surface area contributed by atoms with Crippen LogP contribution >= 0.6 is 22.9 Å². The zero-order valence-electron chi connectivity index (χ0n) is 14.0. The number of benzene rings is 2. The summed E-state index contributed by atoms with van der Waals surface area (Å²) in [6.07, 6.45) is 0. The van der Waals surface area contributed by atoms with E-state index in [2.05, 4.69) is 0 Å². The molecule has 0 spiro atoms. The number of Topliss-reactive ketones (excluding diaryl/α,β-unsaturated/α-hetero) is 1. The SMILES string of the molecule is O=C(C1=C(O)C(=O)N(c2cccc(Cl)c2)C1c1ccccc1)c1cccs1. The molecule has 0 saturated heterocycles. The maximum atomic E-state index is 13.1. The van der Waals surface area contributed by atoms with Gasteiger partial charge in [0.05, 0.1) is 16.5 Å². The number of carbonyl (C=O) groups is 2. The van der Waals surface area contributed by atoms with Gasteiger partial charge in [0, 0.05) is 10.7 Å². The van der Waals surface area contributed by atoms with Crippen molar-refractivity contribution in [3.63, 3.8) is 0 Å². The summed E-state index contributed by atoms with van der Waals surface area (Å²) in [4.78, 5) is 27.9. The zero-order valence-corrected chi connectivity index (χ0v) is 15.6. The molecule has 1 aliphatic heterocycles. The van der Waals surface area contributed by atoms with Crippen LogP contribution in [0.4, 0.5) is 5.69 Å². The van der Waals surface area contributed by atoms with Gasteiger partial charge in [-0.05, 0) is 35.2 Å². The molecule has 4 rings (SSSR count). The van der Waals surface area contributed by atoms with Crippen LogP contribution in [-0.4, -0.2) is 16.8 Å². The molecule has 0 aliphatic carbocycles. The fourth-order valence-corrected chi connectivity index (χ4v) is 4.08. The van der Waals surface area contributed by atoms with E-state index in [4.69, 9.17) is 11.6 Å². The number of hydrogen-bond acceptors (Lipinski definition) is 4. The highest BCUT2D eigenvalue weighted by molar-refractivity contribution is 7.12. The summed E-state index contributed by atoms with van der Waals surface area (Å²) in [5.41, 5.74) is 1.32. The molecule has 4 nitrogen and oxygen atoms in total. The van der Waals surface area contributed by atoms with Crippen molar-refractivity contribution in [1.29, 1.82) is 0 Å². The number of rotatable bonds is 4. The van der Waals surface area contributed by atoms with Crippen molar-refractivity contribution in [2.75, 3.05) is 4.90 Å². The molecule has 0 radical (unpaired) electrons. The maximum Gasteiger partial charge on any atom is 0.294 e. The van der Waals surface area contributed by atoms with Gasteiger partial charge in [-0.15, -0.1) is 11.3 Å². The van der Waals surface area contributed by atoms with Crippen LogP contribution in [0.5, 0.6) is 0 Å². The number of anilines is 1. The van der Waals surface area contributed by atoms with E-state index < -0.39 is 17.7 Å². The average Bonchev–Trinajstić information content (AvgIpc) is 3.30. The molecule has 27 heavy (non-hydrogen) atoms. The van der Waals surface area contributed by atoms with Crippen LogP contribution in [0.15, 0.2) is 83.4 Å². The van der Waals surface area contributed by atoms with Gasteiger partial charge >= 0.3 is 0 Å². The molecule has 2 heterocycles. The minimum Gasteiger partial charge on any atom is -0.503 e. The number of halogens is 1. The van der Waals surface area contributed by atoms with Crippen molar-refractivity contribution in [2.45, 2.75) is 6.04 Å². The number of thiophene rings is 1. The fourth-order valence-electron chi connectivity index (χ4n) is 3.22. The lowest BCUT2D eigenvalue weighted by atomic mass is 9.95. The molecule has 1 unspecified atom stereocenters. The Morgan fingerprint density at radius 2 is 1.81 bits per heavy atom. The van der Waals surface area contributed by atoms with E-state index in [1.54, 1.807) is 41.8 Å². The minimum absolute atomic E-state index is 0.0774. The molecule has 1 aliphatic rings. The highest BCUT2D eigenvalue weighted by Gasteiger charge is 2.44. The van der Waals surface area contributed by atoms with Gasteiger partial charge in [-0.3, -0.25) is 14.5 Å². The van der Waals surface area contributed by atoms with Gasteiger partial charge in [0.25, 0.3) is 5.91 Å². The summed E-state index contributed by atoms with van der Waals surface area (Å²) >= 11 is 7.37. The second kappa shape index (κ2) is 7.02. The van der Waals surface area contributed by atoms with Crippen molar-refractivity contribution < 1.29 is 14.7 Å². The van der Waals surface area contributed by atoms with E-state index in [-0.39, 0.29) is 11.4 Å². The Hall–Kier alpha value is -2.89. The number of aliphatic hydroxyl groups excluding tert-OH is 1. The molecular formula is C21H14ClNO3S. The summed E-state index contributed by atoms with van der Waals surface area (Å²) in [7, 11) is 0. The summed E-state index contributed by atoms with van der Waals surface area (Å²) in [6, 6.07) is 18.7. The van der Waals surface area contributed by atoms with E-state index in [0.29, 0.717) is 15.6 Å². The van der Waals surface area contributed by atoms with E-state index in [1.807, 2.05) is 30.3 Å². The summed E-state index contributed by atoms with van der Waals surface area (Å²) < 4.78 is 0. The van der Waals surface area contributed by atoms with E-state index >= 15 is 0 Å². The third kappa shape index (κ3) is 3.05. The average molecular weight is 396 g/mol. The van der Waals surface area contributed by atoms with Crippen LogP contribution in [0.2, 0.25) is 5.02 Å². The fraction of sp³-hybridized carbons (Fsp3) is 0.0476. The van der Waals surface area contributed by atoms with Gasteiger partial charge in [-0.2, -0.15) is 0 Å². The van der Waals surface area contributed by atoms with Crippen LogP contribution in [-0.2, 0) is 4.79 Å². The minimum atomic E-state index is -0.730. The Labute approximate surface area is 164 Å². The van der Waals surface area contributed by atoms with Gasteiger partial charge in [0.2, 0.25) is 5.78 Å². The molecule has 0 bridgehead atoms. The molecular weight excluding hydrogens is 382 g/mol. The molecule has 2 aromatic carbocycles. The van der Waals surface area contributed by atoms with E-state index in [9.17, 15) is 14.7 Å². The normalized spacial score (nSPS) is 16.9. The molecule has 6 heteroatoms. The number of aliphatic hydroxyl groups is 1. The quantitative estimate of drug-likeness (QED) is 0.619. The number of amides is 1. The first-order valence-electron chi connectivity index (χ1n) is 8.23. The van der Waals surface area contributed by atoms with E-state index in [1.165, 1.54) is 16.2 Å². The highest BCUT2D eigenvalue weighted by Crippen LogP contribution is 2.42. The molecule has 3 aromatic rings. The standard InChI is InChI=1S/C21H14ClNO3S/c22-14-8-4-9-15(12-14)23-18(13-6-2-1-3-7-13)17(20(25)21(23)26)19(24)16-10-5-11-27-16/h1-12,18,25H. The van der Waals surface area contributed by atoms with Crippen LogP contribution < -0.4 is 4.90 Å². The van der Waals surface area contributed by atoms with Crippen molar-refractivity contribution in [1.82, 2.24) is 0 Å². The summed E-state index contributed by atoms with van der Waals surface area (Å²) in [5, 5.41) is 12.8. The van der Waals surface area contributed by atoms with Crippen LogP contribution in [0, 0.1) is 0 Å². The number of hydrogen-bond donors (Lipinski definition) is 1. The first kappa shape index (κ1) is 17.5. The van der Waals surface area contributed by atoms with Crippen LogP contribution in [0.3, 0.4) is 0 Å². The van der Waals surface area contributed by atoms with Gasteiger partial charge < -0.3 is 5.11 Å². The molecule has 1 atom stereocenters. The highest BCUT2D eigenvalue weighted by atomic mass is 35.5. The molecule has 1 amide bonds. The second-order valence-corrected chi connectivity index (χ2v) is 7.42. The Balaban J connectivity index is 1.89. The number of ketones is 1. The van der Waals surface area contributed by atoms with Crippen LogP contribution in [0.25, 0.3) is 0 Å². The van der Waals surface area contributed by atoms with Crippen molar-refractivity contribution >= 4 is 40.3 Å². The second-order valence-electron chi connectivity index (χ2n) is 6.04. The lowest BCUT2D eigenvalue weighted by Crippen LogP contribution is -2.31. The Kier molecular flexibility index (Phi) is 4.56. The molecule has 0 fully saturated rings.